The van der Waals surface area contributed by atoms with Crippen molar-refractivity contribution in [2.75, 3.05) is 5.43 Å². The van der Waals surface area contributed by atoms with Crippen LogP contribution in [0, 0.1) is 10.1 Å². The van der Waals surface area contributed by atoms with E-state index >= 15 is 0 Å². The number of nitro groups is 1. The predicted molar refractivity (Wildman–Crippen MR) is 109 cm³/mol. The van der Waals surface area contributed by atoms with Crippen LogP contribution in [0.4, 0.5) is 11.4 Å². The van der Waals surface area contributed by atoms with Gasteiger partial charge in [-0.3, -0.25) is 15.5 Å². The topological polar surface area (TPSA) is 76.8 Å². The Balaban J connectivity index is 1.68. The number of hydrogen-bond donors (Lipinski definition) is 1. The van der Waals surface area contributed by atoms with E-state index in [2.05, 4.69) is 26.5 Å². The van der Waals surface area contributed by atoms with Crippen molar-refractivity contribution in [1.82, 2.24) is 0 Å². The van der Waals surface area contributed by atoms with E-state index in [-0.39, 0.29) is 5.69 Å². The summed E-state index contributed by atoms with van der Waals surface area (Å²) in [5, 5.41) is 14.9. The van der Waals surface area contributed by atoms with Crippen LogP contribution in [0.1, 0.15) is 11.1 Å². The number of hydrazone groups is 1. The maximum Gasteiger partial charge on any atom is 0.269 e. The van der Waals surface area contributed by atoms with Gasteiger partial charge in [-0.2, -0.15) is 5.10 Å². The van der Waals surface area contributed by atoms with E-state index < -0.39 is 4.92 Å². The molecule has 3 aromatic rings. The van der Waals surface area contributed by atoms with Crippen LogP contribution in [-0.4, -0.2) is 11.1 Å². The van der Waals surface area contributed by atoms with Crippen molar-refractivity contribution in [2.24, 2.45) is 5.10 Å². The van der Waals surface area contributed by atoms with Gasteiger partial charge in [0.15, 0.2) is 0 Å². The molecule has 6 nitrogen and oxygen atoms in total. The minimum absolute atomic E-state index is 0.0353. The zero-order chi connectivity index (χ0) is 19.1. The van der Waals surface area contributed by atoms with Crippen molar-refractivity contribution in [3.05, 3.63) is 98.5 Å². The molecule has 27 heavy (non-hydrogen) atoms. The van der Waals surface area contributed by atoms with E-state index in [9.17, 15) is 10.1 Å². The molecule has 0 unspecified atom stereocenters. The first-order valence-corrected chi connectivity index (χ1v) is 8.91. The maximum absolute atomic E-state index is 10.7. The fraction of sp³-hybridized carbons (Fsp3) is 0.0500. The summed E-state index contributed by atoms with van der Waals surface area (Å²) in [5.74, 6) is 0.705. The minimum atomic E-state index is -0.440. The summed E-state index contributed by atoms with van der Waals surface area (Å²) >= 11 is 3.45. The molecule has 0 aliphatic rings. The number of halogens is 1. The molecule has 1 N–H and O–H groups in total. The molecular weight excluding hydrogens is 410 g/mol. The van der Waals surface area contributed by atoms with E-state index in [1.807, 2.05) is 48.5 Å². The lowest BCUT2D eigenvalue weighted by molar-refractivity contribution is -0.384. The lowest BCUT2D eigenvalue weighted by Crippen LogP contribution is -1.99. The average molecular weight is 426 g/mol. The number of non-ortho nitro benzene ring substituents is 1. The number of benzene rings is 3. The van der Waals surface area contributed by atoms with Crippen LogP contribution in [0.25, 0.3) is 0 Å². The normalized spacial score (nSPS) is 10.7. The summed E-state index contributed by atoms with van der Waals surface area (Å²) in [4.78, 5) is 10.2. The number of nitrogens with one attached hydrogen (secondary N) is 1. The van der Waals surface area contributed by atoms with Gasteiger partial charge in [-0.05, 0) is 35.9 Å². The van der Waals surface area contributed by atoms with Crippen LogP contribution in [0.15, 0.2) is 82.4 Å². The van der Waals surface area contributed by atoms with Gasteiger partial charge in [0.05, 0.1) is 16.8 Å². The molecule has 0 atom stereocenters. The number of nitrogens with zero attached hydrogens (tertiary/aromatic N) is 2. The molecule has 0 saturated heterocycles. The average Bonchev–Trinajstić information content (AvgIpc) is 2.68. The Kier molecular flexibility index (Phi) is 6.17. The van der Waals surface area contributed by atoms with Crippen molar-refractivity contribution < 1.29 is 9.66 Å². The molecule has 3 rings (SSSR count). The van der Waals surface area contributed by atoms with Crippen LogP contribution in [-0.2, 0) is 6.61 Å². The molecule has 0 radical (unpaired) electrons. The predicted octanol–water partition coefficient (Wildman–Crippen LogP) is 5.38. The first-order chi connectivity index (χ1) is 13.1. The smallest absolute Gasteiger partial charge is 0.269 e. The van der Waals surface area contributed by atoms with Crippen molar-refractivity contribution in [2.45, 2.75) is 6.61 Å². The van der Waals surface area contributed by atoms with Gasteiger partial charge in [-0.1, -0.05) is 46.3 Å². The first kappa shape index (κ1) is 18.6. The van der Waals surface area contributed by atoms with E-state index in [4.69, 9.17) is 4.74 Å². The van der Waals surface area contributed by atoms with Gasteiger partial charge in [0, 0.05) is 22.2 Å². The van der Waals surface area contributed by atoms with Gasteiger partial charge in [-0.25, -0.2) is 0 Å². The highest BCUT2D eigenvalue weighted by atomic mass is 79.9. The summed E-state index contributed by atoms with van der Waals surface area (Å²) in [6.07, 6.45) is 1.65. The Morgan fingerprint density at radius 3 is 2.52 bits per heavy atom. The molecule has 0 aromatic heterocycles. The van der Waals surface area contributed by atoms with Crippen molar-refractivity contribution >= 4 is 33.5 Å². The van der Waals surface area contributed by atoms with Crippen LogP contribution in [0.2, 0.25) is 0 Å². The fourth-order valence-electron chi connectivity index (χ4n) is 2.32. The van der Waals surface area contributed by atoms with Gasteiger partial charge in [0.2, 0.25) is 0 Å². The third-order valence-electron chi connectivity index (χ3n) is 3.68. The van der Waals surface area contributed by atoms with Crippen LogP contribution in [0.3, 0.4) is 0 Å². The van der Waals surface area contributed by atoms with Crippen LogP contribution >= 0.6 is 15.9 Å². The number of ether oxygens (including phenoxy) is 1. The summed E-state index contributed by atoms with van der Waals surface area (Å²) in [5.41, 5.74) is 5.42. The highest BCUT2D eigenvalue weighted by Crippen LogP contribution is 2.23. The molecule has 0 bridgehead atoms. The van der Waals surface area contributed by atoms with E-state index in [1.165, 1.54) is 12.1 Å². The largest absolute Gasteiger partial charge is 0.488 e. The Bertz CT molecular complexity index is 944. The molecule has 0 spiro atoms. The third kappa shape index (κ3) is 5.39. The first-order valence-electron chi connectivity index (χ1n) is 8.11. The Morgan fingerprint density at radius 2 is 1.81 bits per heavy atom. The zero-order valence-corrected chi connectivity index (χ0v) is 15.8. The summed E-state index contributed by atoms with van der Waals surface area (Å²) in [7, 11) is 0. The van der Waals surface area contributed by atoms with Crippen molar-refractivity contribution in [1.29, 1.82) is 0 Å². The lowest BCUT2D eigenvalue weighted by Gasteiger charge is -2.10. The Morgan fingerprint density at radius 1 is 1.07 bits per heavy atom. The molecule has 0 heterocycles. The number of anilines is 1. The molecule has 0 fully saturated rings. The quantitative estimate of drug-likeness (QED) is 0.313. The molecular formula is C20H16BrN3O3. The van der Waals surface area contributed by atoms with Gasteiger partial charge in [0.1, 0.15) is 12.4 Å². The SMILES string of the molecule is O=[N+]([O-])c1ccc(NN=Cc2cc(Br)ccc2OCc2ccccc2)cc1. The van der Waals surface area contributed by atoms with Gasteiger partial charge in [0.25, 0.3) is 5.69 Å². The molecule has 0 aliphatic heterocycles. The maximum atomic E-state index is 10.7. The Labute approximate surface area is 164 Å². The molecule has 136 valence electrons. The molecule has 0 saturated carbocycles. The van der Waals surface area contributed by atoms with Crippen LogP contribution < -0.4 is 10.2 Å². The molecule has 3 aromatic carbocycles. The van der Waals surface area contributed by atoms with Crippen molar-refractivity contribution in [3.63, 3.8) is 0 Å². The highest BCUT2D eigenvalue weighted by molar-refractivity contribution is 9.10. The number of rotatable bonds is 7. The number of nitro benzene ring substituents is 1. The number of hydrogen-bond acceptors (Lipinski definition) is 5. The van der Waals surface area contributed by atoms with Gasteiger partial charge in [-0.15, -0.1) is 0 Å². The van der Waals surface area contributed by atoms with E-state index in [0.717, 1.165) is 15.6 Å². The van der Waals surface area contributed by atoms with E-state index in [1.54, 1.807) is 18.3 Å². The standard InChI is InChI=1S/C20H16BrN3O3/c21-17-6-11-20(27-14-15-4-2-1-3-5-15)16(12-17)13-22-23-18-7-9-19(10-8-18)24(25)26/h1-13,23H,14H2. The highest BCUT2D eigenvalue weighted by Gasteiger charge is 2.05. The zero-order valence-electron chi connectivity index (χ0n) is 14.2. The van der Waals surface area contributed by atoms with Crippen molar-refractivity contribution in [3.8, 4) is 5.75 Å². The second kappa shape index (κ2) is 8.95. The molecule has 0 aliphatic carbocycles. The van der Waals surface area contributed by atoms with Gasteiger partial charge >= 0.3 is 0 Å². The second-order valence-electron chi connectivity index (χ2n) is 5.63. The second-order valence-corrected chi connectivity index (χ2v) is 6.55. The Hall–Kier alpha value is -3.19. The van der Waals surface area contributed by atoms with E-state index in [0.29, 0.717) is 18.0 Å². The summed E-state index contributed by atoms with van der Waals surface area (Å²) in [6.45, 7) is 0.457. The van der Waals surface area contributed by atoms with Crippen LogP contribution in [0.5, 0.6) is 5.75 Å². The summed E-state index contributed by atoms with van der Waals surface area (Å²) in [6, 6.07) is 21.6. The molecule has 0 amide bonds. The third-order valence-corrected chi connectivity index (χ3v) is 4.18. The minimum Gasteiger partial charge on any atom is -0.488 e. The van der Waals surface area contributed by atoms with Gasteiger partial charge < -0.3 is 4.74 Å². The molecule has 7 heteroatoms. The fourth-order valence-corrected chi connectivity index (χ4v) is 2.70. The lowest BCUT2D eigenvalue weighted by atomic mass is 10.2. The monoisotopic (exact) mass is 425 g/mol. The summed E-state index contributed by atoms with van der Waals surface area (Å²) < 4.78 is 6.82.